The Kier molecular flexibility index (Phi) is 5.56. The second-order valence-corrected chi connectivity index (χ2v) is 9.50. The maximum Gasteiger partial charge on any atom is 0.342 e. The van der Waals surface area contributed by atoms with E-state index in [1.807, 2.05) is 36.9 Å². The molecule has 0 atom stereocenters. The average Bonchev–Trinajstić information content (AvgIpc) is 3.05. The number of hydrogen-bond acceptors (Lipinski definition) is 4. The van der Waals surface area contributed by atoms with Gasteiger partial charge in [0.2, 0.25) is 0 Å². The number of rotatable bonds is 2. The normalized spacial score (nSPS) is 19.2. The summed E-state index contributed by atoms with van der Waals surface area (Å²) in [6, 6.07) is 7.99. The van der Waals surface area contributed by atoms with Crippen LogP contribution in [0, 0.1) is 0 Å². The molecule has 0 spiro atoms. The first-order valence-corrected chi connectivity index (χ1v) is 11.0. The second kappa shape index (κ2) is 8.04. The molecule has 2 aromatic rings. The van der Waals surface area contributed by atoms with E-state index in [0.29, 0.717) is 25.2 Å². The van der Waals surface area contributed by atoms with Gasteiger partial charge in [0.1, 0.15) is 0 Å². The van der Waals surface area contributed by atoms with Crippen LogP contribution in [-0.2, 0) is 14.9 Å². The van der Waals surface area contributed by atoms with E-state index in [1.165, 1.54) is 0 Å². The molecule has 0 saturated carbocycles. The van der Waals surface area contributed by atoms with Gasteiger partial charge in [-0.25, -0.2) is 9.59 Å². The van der Waals surface area contributed by atoms with Crippen LogP contribution in [0.4, 0.5) is 4.79 Å². The summed E-state index contributed by atoms with van der Waals surface area (Å²) in [6.07, 6.45) is 1.44. The summed E-state index contributed by atoms with van der Waals surface area (Å²) in [5, 5.41) is 1.07. The predicted molar refractivity (Wildman–Crippen MR) is 122 cm³/mol. The molecule has 2 aliphatic rings. The number of benzene rings is 1. The molecule has 1 saturated heterocycles. The lowest BCUT2D eigenvalue weighted by Gasteiger charge is -2.37. The fourth-order valence-electron chi connectivity index (χ4n) is 4.55. The molecule has 3 heterocycles. The Morgan fingerprint density at radius 2 is 1.77 bits per heavy atom. The Morgan fingerprint density at radius 3 is 2.45 bits per heavy atom. The number of nitrogens with one attached hydrogen (secondary N) is 1. The average molecular weight is 425 g/mol. The van der Waals surface area contributed by atoms with Crippen LogP contribution in [0.25, 0.3) is 16.5 Å². The molecule has 7 nitrogen and oxygen atoms in total. The molecule has 0 aliphatic carbocycles. The molecular weight excluding hydrogens is 392 g/mol. The van der Waals surface area contributed by atoms with E-state index in [-0.39, 0.29) is 17.6 Å². The van der Waals surface area contributed by atoms with Gasteiger partial charge >= 0.3 is 12.0 Å². The van der Waals surface area contributed by atoms with Crippen LogP contribution in [0.15, 0.2) is 30.5 Å². The van der Waals surface area contributed by atoms with E-state index in [9.17, 15) is 9.59 Å². The van der Waals surface area contributed by atoms with E-state index in [0.717, 1.165) is 35.2 Å². The molecule has 7 heteroatoms. The molecule has 166 valence electrons. The van der Waals surface area contributed by atoms with E-state index in [1.54, 1.807) is 11.1 Å². The molecule has 1 N–H and O–H groups in total. The van der Waals surface area contributed by atoms with E-state index in [4.69, 9.17) is 4.74 Å². The summed E-state index contributed by atoms with van der Waals surface area (Å²) >= 11 is 0. The number of urea groups is 1. The third-order valence-electron chi connectivity index (χ3n) is 6.08. The van der Waals surface area contributed by atoms with Gasteiger partial charge < -0.3 is 19.5 Å². The highest BCUT2D eigenvalue weighted by atomic mass is 16.5. The van der Waals surface area contributed by atoms with Gasteiger partial charge in [0.05, 0.1) is 17.4 Å². The summed E-state index contributed by atoms with van der Waals surface area (Å²) in [5.41, 5.74) is 2.79. The molecule has 2 amide bonds. The van der Waals surface area contributed by atoms with Crippen molar-refractivity contribution in [3.8, 4) is 0 Å². The fourth-order valence-corrected chi connectivity index (χ4v) is 4.55. The number of aromatic nitrogens is 1. The summed E-state index contributed by atoms with van der Waals surface area (Å²) < 4.78 is 5.57. The third kappa shape index (κ3) is 4.06. The Hall–Kier alpha value is -2.80. The Balaban J connectivity index is 1.80. The minimum Gasteiger partial charge on any atom is -0.459 e. The number of H-pyrrole nitrogens is 1. The van der Waals surface area contributed by atoms with Crippen molar-refractivity contribution in [2.45, 2.75) is 39.2 Å². The molecule has 2 aliphatic heterocycles. The number of ether oxygens (including phenoxy) is 1. The van der Waals surface area contributed by atoms with Crippen LogP contribution < -0.4 is 0 Å². The largest absolute Gasteiger partial charge is 0.459 e. The summed E-state index contributed by atoms with van der Waals surface area (Å²) in [6.45, 7) is 11.4. The van der Waals surface area contributed by atoms with Gasteiger partial charge in [0.25, 0.3) is 0 Å². The minimum absolute atomic E-state index is 0.0644. The van der Waals surface area contributed by atoms with Crippen molar-refractivity contribution in [2.75, 3.05) is 39.8 Å². The fraction of sp³-hybridized carbons (Fsp3) is 0.500. The van der Waals surface area contributed by atoms with Crippen LogP contribution in [-0.4, -0.2) is 77.6 Å². The first-order valence-electron chi connectivity index (χ1n) is 11.0. The zero-order valence-corrected chi connectivity index (χ0v) is 19.1. The maximum absolute atomic E-state index is 13.5. The number of amides is 2. The highest BCUT2D eigenvalue weighted by Gasteiger charge is 2.38. The SMILES string of the molecule is CC(C)OC(=O)C1=CN(C(=O)N2CCN(C)CC2)CC(C)(C)c2c1[nH]c1ccccc21. The van der Waals surface area contributed by atoms with Gasteiger partial charge in [-0.1, -0.05) is 32.0 Å². The number of para-hydroxylation sites is 1. The van der Waals surface area contributed by atoms with Crippen LogP contribution in [0.2, 0.25) is 0 Å². The lowest BCUT2D eigenvalue weighted by Crippen LogP contribution is -2.52. The topological polar surface area (TPSA) is 68.9 Å². The van der Waals surface area contributed by atoms with Gasteiger partial charge in [-0.05, 0) is 32.5 Å². The van der Waals surface area contributed by atoms with Crippen molar-refractivity contribution in [3.63, 3.8) is 0 Å². The van der Waals surface area contributed by atoms with Gasteiger partial charge in [-0.3, -0.25) is 4.90 Å². The number of esters is 1. The van der Waals surface area contributed by atoms with Crippen LogP contribution in [0.5, 0.6) is 0 Å². The molecule has 31 heavy (non-hydrogen) atoms. The summed E-state index contributed by atoms with van der Waals surface area (Å²) in [7, 11) is 2.06. The van der Waals surface area contributed by atoms with Crippen molar-refractivity contribution in [1.82, 2.24) is 19.7 Å². The number of piperazine rings is 1. The Bertz CT molecular complexity index is 1030. The van der Waals surface area contributed by atoms with Gasteiger partial charge in [-0.2, -0.15) is 0 Å². The number of carbonyl (C=O) groups is 2. The Morgan fingerprint density at radius 1 is 1.10 bits per heavy atom. The number of likely N-dealkylation sites (N-methyl/N-ethyl adjacent to an activating group) is 1. The highest BCUT2D eigenvalue weighted by molar-refractivity contribution is 6.18. The zero-order valence-electron chi connectivity index (χ0n) is 19.1. The molecule has 4 rings (SSSR count). The first-order chi connectivity index (χ1) is 14.7. The standard InChI is InChI=1S/C24H32N4O3/c1-16(2)31-22(29)18-14-28(23(30)27-12-10-26(5)11-13-27)15-24(3,4)20-17-8-6-7-9-19(17)25-21(18)20/h6-9,14,16,25H,10-13,15H2,1-5H3. The Labute approximate surface area is 183 Å². The number of hydrogen-bond donors (Lipinski definition) is 1. The third-order valence-corrected chi connectivity index (χ3v) is 6.08. The van der Waals surface area contributed by atoms with Gasteiger partial charge in [0.15, 0.2) is 0 Å². The van der Waals surface area contributed by atoms with Crippen molar-refractivity contribution < 1.29 is 14.3 Å². The smallest absolute Gasteiger partial charge is 0.342 e. The van der Waals surface area contributed by atoms with E-state index >= 15 is 0 Å². The van der Waals surface area contributed by atoms with Crippen molar-refractivity contribution in [1.29, 1.82) is 0 Å². The quantitative estimate of drug-likeness (QED) is 0.750. The number of nitrogens with zero attached hydrogens (tertiary/aromatic N) is 3. The molecule has 1 aromatic carbocycles. The van der Waals surface area contributed by atoms with Crippen LogP contribution >= 0.6 is 0 Å². The minimum atomic E-state index is -0.420. The van der Waals surface area contributed by atoms with Crippen LogP contribution in [0.3, 0.4) is 0 Å². The molecule has 0 radical (unpaired) electrons. The van der Waals surface area contributed by atoms with E-state index < -0.39 is 5.97 Å². The molecule has 1 aromatic heterocycles. The second-order valence-electron chi connectivity index (χ2n) is 9.50. The highest BCUT2D eigenvalue weighted by Crippen LogP contribution is 2.40. The first kappa shape index (κ1) is 21.4. The lowest BCUT2D eigenvalue weighted by molar-refractivity contribution is -0.140. The number of carbonyl (C=O) groups excluding carboxylic acids is 2. The number of fused-ring (bicyclic) bond motifs is 3. The van der Waals surface area contributed by atoms with Crippen molar-refractivity contribution in [2.24, 2.45) is 0 Å². The molecule has 0 unspecified atom stereocenters. The zero-order chi connectivity index (χ0) is 22.3. The molecule has 1 fully saturated rings. The monoisotopic (exact) mass is 424 g/mol. The number of aromatic amines is 1. The molecule has 0 bridgehead atoms. The van der Waals surface area contributed by atoms with Gasteiger partial charge in [-0.15, -0.1) is 0 Å². The van der Waals surface area contributed by atoms with Crippen molar-refractivity contribution >= 4 is 28.5 Å². The molecular formula is C24H32N4O3. The summed E-state index contributed by atoms with van der Waals surface area (Å²) in [5.74, 6) is -0.420. The lowest BCUT2D eigenvalue weighted by atomic mass is 9.82. The van der Waals surface area contributed by atoms with Gasteiger partial charge in [0, 0.05) is 55.2 Å². The van der Waals surface area contributed by atoms with E-state index in [2.05, 4.69) is 36.8 Å². The van der Waals surface area contributed by atoms with Crippen molar-refractivity contribution in [3.05, 3.63) is 41.7 Å². The predicted octanol–water partition coefficient (Wildman–Crippen LogP) is 3.42. The van der Waals surface area contributed by atoms with Crippen LogP contribution in [0.1, 0.15) is 39.0 Å². The maximum atomic E-state index is 13.5. The summed E-state index contributed by atoms with van der Waals surface area (Å²) in [4.78, 5) is 35.8.